The summed E-state index contributed by atoms with van der Waals surface area (Å²) in [7, 11) is 1.00. The normalized spacial score (nSPS) is 18.4. The molecule has 7 nitrogen and oxygen atoms in total. The second kappa shape index (κ2) is 9.45. The largest absolute Gasteiger partial charge is 0.400 e. The predicted octanol–water partition coefficient (Wildman–Crippen LogP) is 4.64. The Morgan fingerprint density at radius 3 is 2.51 bits per heavy atom. The summed E-state index contributed by atoms with van der Waals surface area (Å²) in [5.41, 5.74) is 8.45. The Morgan fingerprint density at radius 1 is 1.08 bits per heavy atom. The molecule has 0 spiro atoms. The summed E-state index contributed by atoms with van der Waals surface area (Å²) >= 11 is 0. The number of aromatic amines is 1. The van der Waals surface area contributed by atoms with Gasteiger partial charge in [0.1, 0.15) is 0 Å². The summed E-state index contributed by atoms with van der Waals surface area (Å²) in [5.74, 6) is 0.0266. The number of aromatic nitrogens is 2. The van der Waals surface area contributed by atoms with Gasteiger partial charge in [0, 0.05) is 53.7 Å². The van der Waals surface area contributed by atoms with Gasteiger partial charge in [0.2, 0.25) is 0 Å². The van der Waals surface area contributed by atoms with Crippen LogP contribution in [0.2, 0.25) is 0 Å². The van der Waals surface area contributed by atoms with Crippen LogP contribution in [0.3, 0.4) is 0 Å². The molecule has 0 unspecified atom stereocenters. The molecule has 0 atom stereocenters. The highest BCUT2D eigenvalue weighted by atomic mass is 16.2. The standard InChI is InChI=1S/C29H32N4O2.CH4O/c1-28(2)11-10-23-24(15-28)31-32-25(23)20-8-9-22-21(14-20)17-33(27(22)35)16-18-4-6-19(7-5-18)26(34)30-29(3)12-13-29;1-2/h4-9,14H,10-13,15-17H2,1-3H3,(H,30,34)(H,31,32);2H,1H3. The van der Waals surface area contributed by atoms with Crippen LogP contribution in [-0.4, -0.2) is 44.7 Å². The summed E-state index contributed by atoms with van der Waals surface area (Å²) < 4.78 is 0. The monoisotopic (exact) mass is 500 g/mol. The molecule has 1 aliphatic heterocycles. The Hall–Kier alpha value is -3.45. The third-order valence-corrected chi connectivity index (χ3v) is 7.92. The first kappa shape index (κ1) is 25.2. The molecule has 3 aromatic rings. The predicted molar refractivity (Wildman–Crippen MR) is 143 cm³/mol. The first-order valence-electron chi connectivity index (χ1n) is 13.0. The van der Waals surface area contributed by atoms with Gasteiger partial charge < -0.3 is 15.3 Å². The maximum atomic E-state index is 13.1. The van der Waals surface area contributed by atoms with E-state index >= 15 is 0 Å². The average Bonchev–Trinajstić information content (AvgIpc) is 3.33. The molecular formula is C30H36N4O3. The van der Waals surface area contributed by atoms with Gasteiger partial charge in [-0.25, -0.2) is 0 Å². The average molecular weight is 501 g/mol. The minimum Gasteiger partial charge on any atom is -0.400 e. The van der Waals surface area contributed by atoms with Crippen LogP contribution in [0.4, 0.5) is 0 Å². The number of fused-ring (bicyclic) bond motifs is 2. The SMILES string of the molecule is CC1(C)CCc2c(-c3ccc4c(c3)CN(Cc3ccc(C(=O)NC5(C)CC5)cc3)C4=O)n[nH]c2C1.CO. The second-order valence-electron chi connectivity index (χ2n) is 11.6. The molecular weight excluding hydrogens is 464 g/mol. The Kier molecular flexibility index (Phi) is 6.44. The number of hydrogen-bond acceptors (Lipinski definition) is 4. The van der Waals surface area contributed by atoms with E-state index in [0.29, 0.717) is 24.1 Å². The van der Waals surface area contributed by atoms with Crippen molar-refractivity contribution >= 4 is 11.8 Å². The number of carbonyl (C=O) groups is 2. The molecule has 3 N–H and O–H groups in total. The quantitative estimate of drug-likeness (QED) is 0.475. The zero-order chi connectivity index (χ0) is 26.4. The van der Waals surface area contributed by atoms with Gasteiger partial charge in [0.05, 0.1) is 5.69 Å². The van der Waals surface area contributed by atoms with Crippen molar-refractivity contribution in [3.63, 3.8) is 0 Å². The molecule has 6 rings (SSSR count). The maximum Gasteiger partial charge on any atom is 0.254 e. The topological polar surface area (TPSA) is 98.3 Å². The first-order valence-corrected chi connectivity index (χ1v) is 13.0. The number of benzene rings is 2. The minimum absolute atomic E-state index is 0.0298. The molecule has 2 amide bonds. The molecule has 2 heterocycles. The smallest absolute Gasteiger partial charge is 0.254 e. The highest BCUT2D eigenvalue weighted by Crippen LogP contribution is 2.39. The van der Waals surface area contributed by atoms with Crippen LogP contribution < -0.4 is 5.32 Å². The van der Waals surface area contributed by atoms with Gasteiger partial charge in [-0.3, -0.25) is 14.7 Å². The van der Waals surface area contributed by atoms with Crippen LogP contribution >= 0.6 is 0 Å². The molecule has 0 bridgehead atoms. The number of nitrogens with one attached hydrogen (secondary N) is 2. The Morgan fingerprint density at radius 2 is 1.81 bits per heavy atom. The summed E-state index contributed by atoms with van der Waals surface area (Å²) in [6, 6.07) is 13.7. The fourth-order valence-electron chi connectivity index (χ4n) is 5.38. The highest BCUT2D eigenvalue weighted by Gasteiger charge is 2.38. The lowest BCUT2D eigenvalue weighted by molar-refractivity contribution is 0.0766. The molecule has 1 fully saturated rings. The van der Waals surface area contributed by atoms with Crippen molar-refractivity contribution in [2.75, 3.05) is 7.11 Å². The molecule has 0 saturated heterocycles. The van der Waals surface area contributed by atoms with Crippen molar-refractivity contribution in [1.82, 2.24) is 20.4 Å². The van der Waals surface area contributed by atoms with Crippen molar-refractivity contribution in [3.05, 3.63) is 76.0 Å². The van der Waals surface area contributed by atoms with Crippen molar-refractivity contribution in [1.29, 1.82) is 0 Å². The van der Waals surface area contributed by atoms with Crippen LogP contribution in [0.25, 0.3) is 11.3 Å². The minimum atomic E-state index is -0.0336. The van der Waals surface area contributed by atoms with Crippen molar-refractivity contribution in [2.24, 2.45) is 5.41 Å². The zero-order valence-corrected chi connectivity index (χ0v) is 22.1. The number of H-pyrrole nitrogens is 1. The van der Waals surface area contributed by atoms with Crippen molar-refractivity contribution in [3.8, 4) is 11.3 Å². The lowest BCUT2D eigenvalue weighted by atomic mass is 9.76. The molecule has 37 heavy (non-hydrogen) atoms. The summed E-state index contributed by atoms with van der Waals surface area (Å²) in [6.07, 6.45) is 5.29. The highest BCUT2D eigenvalue weighted by molar-refractivity contribution is 5.99. The van der Waals surface area contributed by atoms with Crippen molar-refractivity contribution < 1.29 is 14.7 Å². The zero-order valence-electron chi connectivity index (χ0n) is 22.1. The molecule has 3 aliphatic rings. The number of carbonyl (C=O) groups excluding carboxylic acids is 2. The maximum absolute atomic E-state index is 13.1. The van der Waals surface area contributed by atoms with Crippen LogP contribution in [0.5, 0.6) is 0 Å². The van der Waals surface area contributed by atoms with E-state index in [4.69, 9.17) is 5.11 Å². The van der Waals surface area contributed by atoms with E-state index < -0.39 is 0 Å². The lowest BCUT2D eigenvalue weighted by Crippen LogP contribution is -2.34. The van der Waals surface area contributed by atoms with E-state index in [1.54, 1.807) is 0 Å². The number of aliphatic hydroxyl groups excluding tert-OH is 1. The van der Waals surface area contributed by atoms with E-state index in [0.717, 1.165) is 67.2 Å². The molecule has 2 aromatic carbocycles. The molecule has 7 heteroatoms. The first-order chi connectivity index (χ1) is 17.7. The summed E-state index contributed by atoms with van der Waals surface area (Å²) in [5, 5.41) is 18.0. The fourth-order valence-corrected chi connectivity index (χ4v) is 5.38. The Balaban J connectivity index is 0.00000137. The van der Waals surface area contributed by atoms with E-state index in [9.17, 15) is 9.59 Å². The summed E-state index contributed by atoms with van der Waals surface area (Å²) in [6.45, 7) is 7.80. The summed E-state index contributed by atoms with van der Waals surface area (Å²) in [4.78, 5) is 27.4. The molecule has 2 aliphatic carbocycles. The van der Waals surface area contributed by atoms with Gasteiger partial charge in [0.15, 0.2) is 0 Å². The van der Waals surface area contributed by atoms with Gasteiger partial charge in [-0.15, -0.1) is 0 Å². The molecule has 1 saturated carbocycles. The number of nitrogens with zero attached hydrogens (tertiary/aromatic N) is 2. The Labute approximate surface area is 218 Å². The van der Waals surface area contributed by atoms with Gasteiger partial charge in [0.25, 0.3) is 11.8 Å². The van der Waals surface area contributed by atoms with Crippen LogP contribution in [0.1, 0.15) is 83.1 Å². The van der Waals surface area contributed by atoms with Gasteiger partial charge in [-0.1, -0.05) is 32.0 Å². The van der Waals surface area contributed by atoms with Gasteiger partial charge in [-0.05, 0) is 79.8 Å². The second-order valence-corrected chi connectivity index (χ2v) is 11.6. The number of amides is 2. The molecule has 1 aromatic heterocycles. The molecule has 194 valence electrons. The van der Waals surface area contributed by atoms with E-state index in [1.807, 2.05) is 41.3 Å². The fraction of sp³-hybridized carbons (Fsp3) is 0.433. The van der Waals surface area contributed by atoms with E-state index in [1.165, 1.54) is 11.3 Å². The third-order valence-electron chi connectivity index (χ3n) is 7.92. The number of rotatable bonds is 5. The Bertz CT molecular complexity index is 1340. The van der Waals surface area contributed by atoms with E-state index in [-0.39, 0.29) is 17.4 Å². The van der Waals surface area contributed by atoms with Crippen molar-refractivity contribution in [2.45, 2.75) is 71.5 Å². The van der Waals surface area contributed by atoms with Crippen LogP contribution in [0, 0.1) is 5.41 Å². The third kappa shape index (κ3) is 5.05. The number of hydrogen-bond donors (Lipinski definition) is 3. The number of aliphatic hydroxyl groups is 1. The molecule has 0 radical (unpaired) electrons. The van der Waals surface area contributed by atoms with E-state index in [2.05, 4.69) is 42.4 Å². The van der Waals surface area contributed by atoms with Gasteiger partial charge >= 0.3 is 0 Å². The van der Waals surface area contributed by atoms with Crippen LogP contribution in [0.15, 0.2) is 42.5 Å². The van der Waals surface area contributed by atoms with Gasteiger partial charge in [-0.2, -0.15) is 5.10 Å². The lowest BCUT2D eigenvalue weighted by Gasteiger charge is -2.29. The van der Waals surface area contributed by atoms with Crippen LogP contribution in [-0.2, 0) is 25.9 Å².